The van der Waals surface area contributed by atoms with Crippen LogP contribution >= 0.6 is 22.9 Å². The maximum absolute atomic E-state index is 12.1. The first-order valence-electron chi connectivity index (χ1n) is 8.32. The molecule has 0 radical (unpaired) electrons. The van der Waals surface area contributed by atoms with Crippen molar-refractivity contribution >= 4 is 44.9 Å². The minimum Gasteiger partial charge on any atom is -0.497 e. The molecule has 142 valence electrons. The van der Waals surface area contributed by atoms with Gasteiger partial charge in [-0.1, -0.05) is 11.6 Å². The number of fused-ring (bicyclic) bond motifs is 1. The number of furan rings is 1. The van der Waals surface area contributed by atoms with Crippen LogP contribution in [-0.4, -0.2) is 24.6 Å². The topological polar surface area (TPSA) is 73.6 Å². The second-order valence-corrected chi connectivity index (χ2v) is 7.14. The van der Waals surface area contributed by atoms with Crippen molar-refractivity contribution in [3.05, 3.63) is 58.9 Å². The minimum atomic E-state index is -0.301. The summed E-state index contributed by atoms with van der Waals surface area (Å²) in [7, 11) is 1.62. The SMILES string of the molecule is COc1ccc2oc(-c3csc(NC(=O)COc4ccc(Cl)cc4)n3)cc2c1. The van der Waals surface area contributed by atoms with E-state index in [2.05, 4.69) is 10.3 Å². The zero-order valence-electron chi connectivity index (χ0n) is 14.8. The summed E-state index contributed by atoms with van der Waals surface area (Å²) in [6.45, 7) is -0.124. The van der Waals surface area contributed by atoms with Crippen LogP contribution in [0.2, 0.25) is 5.02 Å². The van der Waals surface area contributed by atoms with Crippen molar-refractivity contribution < 1.29 is 18.7 Å². The van der Waals surface area contributed by atoms with E-state index in [1.54, 1.807) is 31.4 Å². The highest BCUT2D eigenvalue weighted by atomic mass is 35.5. The van der Waals surface area contributed by atoms with E-state index in [9.17, 15) is 4.79 Å². The Labute approximate surface area is 169 Å². The van der Waals surface area contributed by atoms with E-state index in [4.69, 9.17) is 25.5 Å². The van der Waals surface area contributed by atoms with Gasteiger partial charge in [0, 0.05) is 15.8 Å². The molecule has 0 aliphatic carbocycles. The molecule has 6 nitrogen and oxygen atoms in total. The maximum Gasteiger partial charge on any atom is 0.264 e. The molecule has 0 fully saturated rings. The van der Waals surface area contributed by atoms with Gasteiger partial charge in [0.15, 0.2) is 17.5 Å². The predicted molar refractivity (Wildman–Crippen MR) is 109 cm³/mol. The molecule has 2 aromatic carbocycles. The number of methoxy groups -OCH3 is 1. The fraction of sp³-hybridized carbons (Fsp3) is 0.100. The Hall–Kier alpha value is -3.03. The van der Waals surface area contributed by atoms with Crippen LogP contribution in [0.3, 0.4) is 0 Å². The fourth-order valence-corrected chi connectivity index (χ4v) is 3.40. The Morgan fingerprint density at radius 1 is 1.18 bits per heavy atom. The van der Waals surface area contributed by atoms with Crippen LogP contribution in [0.5, 0.6) is 11.5 Å². The molecule has 0 spiro atoms. The number of amides is 1. The lowest BCUT2D eigenvalue weighted by Gasteiger charge is -2.05. The van der Waals surface area contributed by atoms with Crippen molar-refractivity contribution in [3.63, 3.8) is 0 Å². The number of ether oxygens (including phenoxy) is 2. The first-order valence-corrected chi connectivity index (χ1v) is 9.58. The summed E-state index contributed by atoms with van der Waals surface area (Å²) in [6.07, 6.45) is 0. The van der Waals surface area contributed by atoms with Crippen LogP contribution in [0.15, 0.2) is 58.3 Å². The molecule has 1 amide bonds. The van der Waals surface area contributed by atoms with E-state index < -0.39 is 0 Å². The Bertz CT molecular complexity index is 1120. The van der Waals surface area contributed by atoms with Gasteiger partial charge in [-0.05, 0) is 48.5 Å². The monoisotopic (exact) mass is 414 g/mol. The molecule has 1 N–H and O–H groups in total. The van der Waals surface area contributed by atoms with Gasteiger partial charge in [0.05, 0.1) is 7.11 Å². The van der Waals surface area contributed by atoms with Crippen molar-refractivity contribution in [3.8, 4) is 23.0 Å². The van der Waals surface area contributed by atoms with Gasteiger partial charge in [0.1, 0.15) is 22.8 Å². The van der Waals surface area contributed by atoms with Crippen molar-refractivity contribution in [1.29, 1.82) is 0 Å². The van der Waals surface area contributed by atoms with E-state index >= 15 is 0 Å². The number of benzene rings is 2. The number of hydrogen-bond donors (Lipinski definition) is 1. The van der Waals surface area contributed by atoms with Gasteiger partial charge in [0.25, 0.3) is 5.91 Å². The molecule has 4 rings (SSSR count). The number of aromatic nitrogens is 1. The number of carbonyl (C=O) groups is 1. The Morgan fingerprint density at radius 3 is 2.75 bits per heavy atom. The lowest BCUT2D eigenvalue weighted by molar-refractivity contribution is -0.118. The smallest absolute Gasteiger partial charge is 0.264 e. The summed E-state index contributed by atoms with van der Waals surface area (Å²) in [4.78, 5) is 16.5. The third-order valence-electron chi connectivity index (χ3n) is 3.91. The highest BCUT2D eigenvalue weighted by Gasteiger charge is 2.13. The lowest BCUT2D eigenvalue weighted by Crippen LogP contribution is -2.20. The Kier molecular flexibility index (Phi) is 5.18. The molecule has 28 heavy (non-hydrogen) atoms. The van der Waals surface area contributed by atoms with E-state index in [0.29, 0.717) is 27.4 Å². The highest BCUT2D eigenvalue weighted by Crippen LogP contribution is 2.31. The zero-order valence-corrected chi connectivity index (χ0v) is 16.3. The molecule has 2 heterocycles. The number of halogens is 1. The van der Waals surface area contributed by atoms with Crippen LogP contribution in [-0.2, 0) is 4.79 Å². The molecular weight excluding hydrogens is 400 g/mol. The van der Waals surface area contributed by atoms with Crippen molar-refractivity contribution in [2.24, 2.45) is 0 Å². The quantitative estimate of drug-likeness (QED) is 0.467. The Morgan fingerprint density at radius 2 is 1.96 bits per heavy atom. The fourth-order valence-electron chi connectivity index (χ4n) is 2.55. The molecule has 2 aromatic heterocycles. The third-order valence-corrected chi connectivity index (χ3v) is 4.92. The van der Waals surface area contributed by atoms with E-state index in [-0.39, 0.29) is 12.5 Å². The second kappa shape index (κ2) is 7.92. The van der Waals surface area contributed by atoms with Gasteiger partial charge >= 0.3 is 0 Å². The number of nitrogens with zero attached hydrogens (tertiary/aromatic N) is 1. The van der Waals surface area contributed by atoms with E-state index in [1.165, 1.54) is 11.3 Å². The molecule has 0 aliphatic rings. The van der Waals surface area contributed by atoms with Crippen LogP contribution < -0.4 is 14.8 Å². The summed E-state index contributed by atoms with van der Waals surface area (Å²) in [5, 5.41) is 6.54. The van der Waals surface area contributed by atoms with Crippen LogP contribution in [0.1, 0.15) is 0 Å². The third kappa shape index (κ3) is 4.11. The number of nitrogens with one attached hydrogen (secondary N) is 1. The van der Waals surface area contributed by atoms with Gasteiger partial charge in [-0.3, -0.25) is 10.1 Å². The molecule has 0 bridgehead atoms. The van der Waals surface area contributed by atoms with Crippen molar-refractivity contribution in [1.82, 2.24) is 4.98 Å². The first kappa shape index (κ1) is 18.3. The van der Waals surface area contributed by atoms with E-state index in [0.717, 1.165) is 16.7 Å². The molecule has 0 unspecified atom stereocenters. The second-order valence-electron chi connectivity index (χ2n) is 5.84. The summed E-state index contributed by atoms with van der Waals surface area (Å²) < 4.78 is 16.5. The molecule has 0 saturated heterocycles. The van der Waals surface area contributed by atoms with Crippen molar-refractivity contribution in [2.75, 3.05) is 19.0 Å². The predicted octanol–water partition coefficient (Wildman–Crippen LogP) is 5.24. The van der Waals surface area contributed by atoms with Crippen LogP contribution in [0.25, 0.3) is 22.4 Å². The van der Waals surface area contributed by atoms with Crippen molar-refractivity contribution in [2.45, 2.75) is 0 Å². The average Bonchev–Trinajstić information content (AvgIpc) is 3.33. The Balaban J connectivity index is 1.41. The number of carbonyl (C=O) groups excluding carboxylic acids is 1. The summed E-state index contributed by atoms with van der Waals surface area (Å²) in [5.41, 5.74) is 1.39. The summed E-state index contributed by atoms with van der Waals surface area (Å²) >= 11 is 7.13. The molecule has 4 aromatic rings. The maximum atomic E-state index is 12.1. The molecule has 0 atom stereocenters. The minimum absolute atomic E-state index is 0.124. The molecule has 0 aliphatic heterocycles. The lowest BCUT2D eigenvalue weighted by atomic mass is 10.2. The first-order chi connectivity index (χ1) is 13.6. The van der Waals surface area contributed by atoms with Gasteiger partial charge in [-0.2, -0.15) is 0 Å². The van der Waals surface area contributed by atoms with Crippen LogP contribution in [0.4, 0.5) is 5.13 Å². The highest BCUT2D eigenvalue weighted by molar-refractivity contribution is 7.14. The largest absolute Gasteiger partial charge is 0.497 e. The number of thiazole rings is 1. The van der Waals surface area contributed by atoms with Crippen LogP contribution in [0, 0.1) is 0 Å². The van der Waals surface area contributed by atoms with Gasteiger partial charge in [0.2, 0.25) is 0 Å². The molecular formula is C20H15ClN2O4S. The zero-order chi connectivity index (χ0) is 19.5. The molecule has 0 saturated carbocycles. The summed E-state index contributed by atoms with van der Waals surface area (Å²) in [6, 6.07) is 14.3. The molecule has 8 heteroatoms. The van der Waals surface area contributed by atoms with E-state index in [1.807, 2.05) is 29.6 Å². The number of anilines is 1. The normalized spacial score (nSPS) is 10.8. The summed E-state index contributed by atoms with van der Waals surface area (Å²) in [5.74, 6) is 1.64. The van der Waals surface area contributed by atoms with Gasteiger partial charge in [-0.25, -0.2) is 4.98 Å². The average molecular weight is 415 g/mol. The number of hydrogen-bond acceptors (Lipinski definition) is 6. The van der Waals surface area contributed by atoms with Gasteiger partial charge < -0.3 is 13.9 Å². The number of rotatable bonds is 6. The van der Waals surface area contributed by atoms with Gasteiger partial charge in [-0.15, -0.1) is 11.3 Å². The standard InChI is InChI=1S/C20H15ClN2O4S/c1-25-15-6-7-17-12(8-15)9-18(27-17)16-11-28-20(22-16)23-19(24)10-26-14-4-2-13(21)3-5-14/h2-9,11H,10H2,1H3,(H,22,23,24).